The van der Waals surface area contributed by atoms with Gasteiger partial charge in [0.05, 0.1) is 12.1 Å². The predicted molar refractivity (Wildman–Crippen MR) is 98.2 cm³/mol. The second kappa shape index (κ2) is 6.62. The van der Waals surface area contributed by atoms with Crippen molar-refractivity contribution < 1.29 is 5.11 Å². The highest BCUT2D eigenvalue weighted by Gasteiger charge is 2.17. The fourth-order valence-electron chi connectivity index (χ4n) is 2.63. The quantitative estimate of drug-likeness (QED) is 0.495. The van der Waals surface area contributed by atoms with Crippen LogP contribution >= 0.6 is 22.9 Å². The Morgan fingerprint density at radius 1 is 1.08 bits per heavy atom. The fourth-order valence-corrected chi connectivity index (χ4v) is 3.20. The van der Waals surface area contributed by atoms with Gasteiger partial charge in [0.25, 0.3) is 5.13 Å². The van der Waals surface area contributed by atoms with Gasteiger partial charge in [0.1, 0.15) is 5.51 Å². The topological polar surface area (TPSA) is 75.7 Å². The predicted octanol–water partition coefficient (Wildman–Crippen LogP) is 5.32. The van der Waals surface area contributed by atoms with Gasteiger partial charge >= 0.3 is 0 Å². The first-order valence-corrected chi connectivity index (χ1v) is 8.71. The highest BCUT2D eigenvalue weighted by molar-refractivity contribution is 7.13. The van der Waals surface area contributed by atoms with Crippen LogP contribution in [0, 0.1) is 0 Å². The zero-order valence-electron chi connectivity index (χ0n) is 12.9. The van der Waals surface area contributed by atoms with Gasteiger partial charge < -0.3 is 9.67 Å². The lowest BCUT2D eigenvalue weighted by Gasteiger charge is -2.08. The molecule has 0 saturated heterocycles. The minimum atomic E-state index is 0.0365. The van der Waals surface area contributed by atoms with Crippen LogP contribution in [-0.4, -0.2) is 19.9 Å². The summed E-state index contributed by atoms with van der Waals surface area (Å²) < 4.78 is 1.77. The van der Waals surface area contributed by atoms with Crippen LogP contribution < -0.4 is 0 Å². The summed E-state index contributed by atoms with van der Waals surface area (Å²) in [6.07, 6.45) is 0. The van der Waals surface area contributed by atoms with E-state index in [0.29, 0.717) is 22.4 Å². The lowest BCUT2D eigenvalue weighted by atomic mass is 10.2. The van der Waals surface area contributed by atoms with Crippen molar-refractivity contribution in [2.45, 2.75) is 6.54 Å². The first kappa shape index (κ1) is 15.7. The highest BCUT2D eigenvalue weighted by atomic mass is 35.5. The first-order valence-electron chi connectivity index (χ1n) is 7.45. The fraction of sp³-hybridized carbons (Fsp3) is 0.0588. The Morgan fingerprint density at radius 3 is 2.68 bits per heavy atom. The molecule has 0 aliphatic carbocycles. The molecule has 8 heteroatoms. The van der Waals surface area contributed by atoms with Gasteiger partial charge in [0.15, 0.2) is 5.69 Å². The molecule has 0 aliphatic heterocycles. The zero-order chi connectivity index (χ0) is 17.2. The van der Waals surface area contributed by atoms with Crippen LogP contribution in [0.2, 0.25) is 5.02 Å². The van der Waals surface area contributed by atoms with Gasteiger partial charge in [-0.15, -0.1) is 20.4 Å². The van der Waals surface area contributed by atoms with Gasteiger partial charge in [-0.2, -0.15) is 0 Å². The molecule has 0 unspecified atom stereocenters. The Labute approximate surface area is 152 Å². The molecule has 0 radical (unpaired) electrons. The molecule has 6 nitrogen and oxygen atoms in total. The van der Waals surface area contributed by atoms with Crippen molar-refractivity contribution >= 4 is 44.7 Å². The molecular weight excluding hydrogens is 358 g/mol. The maximum absolute atomic E-state index is 10.7. The summed E-state index contributed by atoms with van der Waals surface area (Å²) in [7, 11) is 0. The number of para-hydroxylation sites is 1. The highest BCUT2D eigenvalue weighted by Crippen LogP contribution is 2.40. The van der Waals surface area contributed by atoms with Gasteiger partial charge in [-0.05, 0) is 17.7 Å². The molecule has 4 aromatic rings. The van der Waals surface area contributed by atoms with E-state index >= 15 is 0 Å². The van der Waals surface area contributed by atoms with E-state index in [-0.39, 0.29) is 5.88 Å². The van der Waals surface area contributed by atoms with E-state index in [2.05, 4.69) is 20.4 Å². The Balaban J connectivity index is 1.82. The number of nitrogens with zero attached hydrogens (tertiary/aromatic N) is 5. The molecule has 0 saturated carbocycles. The van der Waals surface area contributed by atoms with Crippen LogP contribution in [0.15, 0.2) is 64.3 Å². The molecule has 0 fully saturated rings. The van der Waals surface area contributed by atoms with Crippen molar-refractivity contribution in [1.29, 1.82) is 0 Å². The average molecular weight is 370 g/mol. The first-order chi connectivity index (χ1) is 12.2. The van der Waals surface area contributed by atoms with Gasteiger partial charge in [0, 0.05) is 10.4 Å². The third-order valence-electron chi connectivity index (χ3n) is 3.79. The number of aromatic nitrogens is 3. The second-order valence-corrected chi connectivity index (χ2v) is 6.51. The molecule has 4 rings (SSSR count). The number of hydrogen-bond acceptors (Lipinski definition) is 6. The third-order valence-corrected chi connectivity index (χ3v) is 4.73. The minimum absolute atomic E-state index is 0.0365. The molecule has 0 amide bonds. The van der Waals surface area contributed by atoms with Crippen molar-refractivity contribution in [2.24, 2.45) is 10.2 Å². The van der Waals surface area contributed by atoms with Crippen LogP contribution in [0.3, 0.4) is 0 Å². The molecule has 25 heavy (non-hydrogen) atoms. The van der Waals surface area contributed by atoms with Gasteiger partial charge in [-0.3, -0.25) is 0 Å². The van der Waals surface area contributed by atoms with Gasteiger partial charge in [-0.1, -0.05) is 59.3 Å². The molecule has 2 heterocycles. The molecule has 124 valence electrons. The normalized spacial score (nSPS) is 11.6. The Morgan fingerprint density at radius 2 is 1.88 bits per heavy atom. The average Bonchev–Trinajstić information content (AvgIpc) is 3.23. The van der Waals surface area contributed by atoms with Crippen molar-refractivity contribution in [3.63, 3.8) is 0 Å². The Kier molecular flexibility index (Phi) is 4.17. The minimum Gasteiger partial charge on any atom is -0.493 e. The van der Waals surface area contributed by atoms with Crippen LogP contribution in [-0.2, 0) is 6.54 Å². The number of aromatic hydroxyl groups is 1. The van der Waals surface area contributed by atoms with E-state index in [9.17, 15) is 5.11 Å². The number of halogens is 1. The van der Waals surface area contributed by atoms with E-state index in [1.165, 1.54) is 11.3 Å². The lowest BCUT2D eigenvalue weighted by Crippen LogP contribution is -1.99. The molecular formula is C17H12ClN5OS. The molecule has 1 N–H and O–H groups in total. The zero-order valence-corrected chi connectivity index (χ0v) is 14.4. The molecule has 0 atom stereocenters. The summed E-state index contributed by atoms with van der Waals surface area (Å²) in [4.78, 5) is 0. The van der Waals surface area contributed by atoms with E-state index in [4.69, 9.17) is 11.6 Å². The van der Waals surface area contributed by atoms with Crippen molar-refractivity contribution in [3.8, 4) is 5.88 Å². The Bertz CT molecular complexity index is 1060. The summed E-state index contributed by atoms with van der Waals surface area (Å²) >= 11 is 7.54. The van der Waals surface area contributed by atoms with E-state index < -0.39 is 0 Å². The Hall–Kier alpha value is -2.77. The van der Waals surface area contributed by atoms with E-state index in [0.717, 1.165) is 16.5 Å². The van der Waals surface area contributed by atoms with Crippen LogP contribution in [0.4, 0.5) is 10.8 Å². The molecule has 2 aromatic carbocycles. The van der Waals surface area contributed by atoms with Crippen molar-refractivity contribution in [2.75, 3.05) is 0 Å². The second-order valence-electron chi connectivity index (χ2n) is 5.29. The maximum atomic E-state index is 10.7. The number of hydrogen-bond donors (Lipinski definition) is 1. The number of benzene rings is 2. The molecule has 0 spiro atoms. The number of azo groups is 1. The summed E-state index contributed by atoms with van der Waals surface area (Å²) in [6, 6.07) is 15.2. The number of rotatable bonds is 4. The monoisotopic (exact) mass is 369 g/mol. The standard InChI is InChI=1S/C17H12ClN5OS/c18-13-7-3-1-5-11(13)9-23-14-8-4-2-6-12(14)15(16(23)24)20-22-17-21-19-10-25-17/h1-8,10,24H,9H2. The molecule has 0 bridgehead atoms. The van der Waals surface area contributed by atoms with Gasteiger partial charge in [-0.25, -0.2) is 0 Å². The lowest BCUT2D eigenvalue weighted by molar-refractivity contribution is 0.429. The van der Waals surface area contributed by atoms with Crippen molar-refractivity contribution in [1.82, 2.24) is 14.8 Å². The summed E-state index contributed by atoms with van der Waals surface area (Å²) in [5, 5.41) is 28.4. The van der Waals surface area contributed by atoms with Gasteiger partial charge in [0.2, 0.25) is 5.88 Å². The number of fused-ring (bicyclic) bond motifs is 1. The van der Waals surface area contributed by atoms with E-state index in [1.54, 1.807) is 10.1 Å². The smallest absolute Gasteiger partial charge is 0.251 e. The maximum Gasteiger partial charge on any atom is 0.251 e. The summed E-state index contributed by atoms with van der Waals surface area (Å²) in [6.45, 7) is 0.431. The molecule has 2 aromatic heterocycles. The van der Waals surface area contributed by atoms with Crippen LogP contribution in [0.25, 0.3) is 10.9 Å². The SMILES string of the molecule is Oc1c(N=Nc2nncs2)c2ccccc2n1Cc1ccccc1Cl. The third kappa shape index (κ3) is 2.99. The summed E-state index contributed by atoms with van der Waals surface area (Å²) in [5.41, 5.74) is 3.74. The van der Waals surface area contributed by atoms with Crippen LogP contribution in [0.1, 0.15) is 5.56 Å². The largest absolute Gasteiger partial charge is 0.493 e. The van der Waals surface area contributed by atoms with E-state index in [1.807, 2.05) is 48.5 Å². The van der Waals surface area contributed by atoms with Crippen LogP contribution in [0.5, 0.6) is 5.88 Å². The van der Waals surface area contributed by atoms with Crippen molar-refractivity contribution in [3.05, 3.63) is 64.6 Å². The molecule has 0 aliphatic rings. The summed E-state index contributed by atoms with van der Waals surface area (Å²) in [5.74, 6) is 0.0365.